The van der Waals surface area contributed by atoms with E-state index in [4.69, 9.17) is 4.74 Å². The lowest BCUT2D eigenvalue weighted by Crippen LogP contribution is -2.32. The van der Waals surface area contributed by atoms with Gasteiger partial charge in [0.05, 0.1) is 11.0 Å². The highest BCUT2D eigenvalue weighted by Gasteiger charge is 2.12. The van der Waals surface area contributed by atoms with Crippen molar-refractivity contribution in [2.45, 2.75) is 6.10 Å². The summed E-state index contributed by atoms with van der Waals surface area (Å²) < 4.78 is 5.36. The van der Waals surface area contributed by atoms with Crippen LogP contribution in [0.2, 0.25) is 0 Å². The van der Waals surface area contributed by atoms with Crippen molar-refractivity contribution < 1.29 is 14.5 Å². The zero-order valence-corrected chi connectivity index (χ0v) is 12.6. The van der Waals surface area contributed by atoms with Gasteiger partial charge in [-0.1, -0.05) is 36.4 Å². The normalized spacial score (nSPS) is 11.5. The molecule has 2 rings (SSSR count). The SMILES string of the molecule is COC(CNC(=O)Nc1cccc([N+](=O)[O-])c1)c1ccccc1. The molecule has 2 aromatic carbocycles. The van der Waals surface area contributed by atoms with Crippen LogP contribution in [0.15, 0.2) is 54.6 Å². The Bertz CT molecular complexity index is 676. The first-order valence-electron chi connectivity index (χ1n) is 6.97. The maximum Gasteiger partial charge on any atom is 0.319 e. The maximum atomic E-state index is 11.9. The Balaban J connectivity index is 1.92. The van der Waals surface area contributed by atoms with Crippen LogP contribution in [0.4, 0.5) is 16.2 Å². The van der Waals surface area contributed by atoms with E-state index >= 15 is 0 Å². The van der Waals surface area contributed by atoms with Crippen LogP contribution >= 0.6 is 0 Å². The molecule has 0 aromatic heterocycles. The van der Waals surface area contributed by atoms with E-state index in [1.54, 1.807) is 13.2 Å². The van der Waals surface area contributed by atoms with Crippen LogP contribution in [-0.4, -0.2) is 24.6 Å². The van der Waals surface area contributed by atoms with Gasteiger partial charge in [-0.3, -0.25) is 10.1 Å². The number of nitrogens with zero attached hydrogens (tertiary/aromatic N) is 1. The van der Waals surface area contributed by atoms with Crippen molar-refractivity contribution in [2.24, 2.45) is 0 Å². The molecular formula is C16H17N3O4. The zero-order chi connectivity index (χ0) is 16.7. The predicted molar refractivity (Wildman–Crippen MR) is 86.3 cm³/mol. The van der Waals surface area contributed by atoms with Crippen LogP contribution in [0, 0.1) is 10.1 Å². The highest BCUT2D eigenvalue weighted by Crippen LogP contribution is 2.17. The molecule has 1 atom stereocenters. The molecule has 2 aromatic rings. The van der Waals surface area contributed by atoms with Gasteiger partial charge in [0, 0.05) is 31.5 Å². The molecule has 0 bridgehead atoms. The number of hydrogen-bond donors (Lipinski definition) is 2. The van der Waals surface area contributed by atoms with Gasteiger partial charge in [0.15, 0.2) is 0 Å². The Kier molecular flexibility index (Phi) is 5.65. The number of benzene rings is 2. The molecule has 7 heteroatoms. The van der Waals surface area contributed by atoms with Crippen LogP contribution in [0.5, 0.6) is 0 Å². The molecule has 120 valence electrons. The topological polar surface area (TPSA) is 93.5 Å². The first kappa shape index (κ1) is 16.4. The molecule has 2 N–H and O–H groups in total. The number of nitro groups is 1. The van der Waals surface area contributed by atoms with Crippen molar-refractivity contribution in [1.29, 1.82) is 0 Å². The number of methoxy groups -OCH3 is 1. The molecule has 0 saturated carbocycles. The van der Waals surface area contributed by atoms with E-state index in [0.717, 1.165) is 5.56 Å². The van der Waals surface area contributed by atoms with E-state index in [1.165, 1.54) is 18.2 Å². The van der Waals surface area contributed by atoms with Gasteiger partial charge in [-0.15, -0.1) is 0 Å². The van der Waals surface area contributed by atoms with Crippen molar-refractivity contribution in [3.63, 3.8) is 0 Å². The number of hydrogen-bond acceptors (Lipinski definition) is 4. The molecule has 0 saturated heterocycles. The fourth-order valence-corrected chi connectivity index (χ4v) is 2.06. The molecule has 1 unspecified atom stereocenters. The van der Waals surface area contributed by atoms with Gasteiger partial charge >= 0.3 is 6.03 Å². The predicted octanol–water partition coefficient (Wildman–Crippen LogP) is 3.10. The number of ether oxygens (including phenoxy) is 1. The van der Waals surface area contributed by atoms with Crippen LogP contribution in [0.25, 0.3) is 0 Å². The van der Waals surface area contributed by atoms with Gasteiger partial charge < -0.3 is 15.4 Å². The molecule has 0 spiro atoms. The van der Waals surface area contributed by atoms with E-state index in [9.17, 15) is 14.9 Å². The van der Waals surface area contributed by atoms with Gasteiger partial charge in [0.1, 0.15) is 0 Å². The van der Waals surface area contributed by atoms with Gasteiger partial charge in [-0.25, -0.2) is 4.79 Å². The Morgan fingerprint density at radius 1 is 1.22 bits per heavy atom. The second-order valence-corrected chi connectivity index (χ2v) is 4.78. The van der Waals surface area contributed by atoms with Crippen molar-refractivity contribution in [3.05, 3.63) is 70.3 Å². The van der Waals surface area contributed by atoms with Gasteiger partial charge in [-0.2, -0.15) is 0 Å². The molecule has 7 nitrogen and oxygen atoms in total. The van der Waals surface area contributed by atoms with E-state index in [0.29, 0.717) is 5.69 Å². The lowest BCUT2D eigenvalue weighted by Gasteiger charge is -2.16. The fraction of sp³-hybridized carbons (Fsp3) is 0.188. The van der Waals surface area contributed by atoms with Gasteiger partial charge in [0.25, 0.3) is 5.69 Å². The third-order valence-corrected chi connectivity index (χ3v) is 3.22. The minimum absolute atomic E-state index is 0.0816. The standard InChI is InChI=1S/C16H17N3O4/c1-23-15(12-6-3-2-4-7-12)11-17-16(20)18-13-8-5-9-14(10-13)19(21)22/h2-10,15H,11H2,1H3,(H2,17,18,20). The summed E-state index contributed by atoms with van der Waals surface area (Å²) >= 11 is 0. The summed E-state index contributed by atoms with van der Waals surface area (Å²) in [6.07, 6.45) is -0.271. The van der Waals surface area contributed by atoms with Crippen molar-refractivity contribution >= 4 is 17.4 Å². The molecule has 2 amide bonds. The van der Waals surface area contributed by atoms with E-state index in [-0.39, 0.29) is 18.3 Å². The molecular weight excluding hydrogens is 298 g/mol. The highest BCUT2D eigenvalue weighted by molar-refractivity contribution is 5.89. The molecule has 23 heavy (non-hydrogen) atoms. The second kappa shape index (κ2) is 7.90. The summed E-state index contributed by atoms with van der Waals surface area (Å²) in [6, 6.07) is 14.8. The van der Waals surface area contributed by atoms with Gasteiger partial charge in [0.2, 0.25) is 0 Å². The Labute approximate surface area is 133 Å². The minimum Gasteiger partial charge on any atom is -0.375 e. The van der Waals surface area contributed by atoms with Crippen LogP contribution in [0.3, 0.4) is 0 Å². The largest absolute Gasteiger partial charge is 0.375 e. The van der Waals surface area contributed by atoms with E-state index < -0.39 is 11.0 Å². The first-order valence-corrected chi connectivity index (χ1v) is 6.97. The third-order valence-electron chi connectivity index (χ3n) is 3.22. The zero-order valence-electron chi connectivity index (χ0n) is 12.6. The molecule has 0 aliphatic carbocycles. The van der Waals surface area contributed by atoms with Crippen molar-refractivity contribution in [1.82, 2.24) is 5.32 Å². The van der Waals surface area contributed by atoms with Crippen molar-refractivity contribution in [2.75, 3.05) is 19.0 Å². The third kappa shape index (κ3) is 4.79. The summed E-state index contributed by atoms with van der Waals surface area (Å²) in [5.41, 5.74) is 1.22. The number of amides is 2. The summed E-state index contributed by atoms with van der Waals surface area (Å²) in [4.78, 5) is 22.1. The summed E-state index contributed by atoms with van der Waals surface area (Å²) in [5.74, 6) is 0. The lowest BCUT2D eigenvalue weighted by molar-refractivity contribution is -0.384. The monoisotopic (exact) mass is 315 g/mol. The number of carbonyl (C=O) groups is 1. The number of nitrogens with one attached hydrogen (secondary N) is 2. The Morgan fingerprint density at radius 3 is 2.61 bits per heavy atom. The van der Waals surface area contributed by atoms with Gasteiger partial charge in [-0.05, 0) is 11.6 Å². The highest BCUT2D eigenvalue weighted by atomic mass is 16.6. The maximum absolute atomic E-state index is 11.9. The number of rotatable bonds is 6. The first-order chi connectivity index (χ1) is 11.1. The summed E-state index contributed by atoms with van der Waals surface area (Å²) in [6.45, 7) is 0.279. The fourth-order valence-electron chi connectivity index (χ4n) is 2.06. The average molecular weight is 315 g/mol. The number of nitro benzene ring substituents is 1. The number of carbonyl (C=O) groups excluding carboxylic acids is 1. The van der Waals surface area contributed by atoms with Crippen LogP contribution < -0.4 is 10.6 Å². The van der Waals surface area contributed by atoms with Crippen molar-refractivity contribution in [3.8, 4) is 0 Å². The molecule has 0 aliphatic heterocycles. The molecule has 0 fully saturated rings. The minimum atomic E-state index is -0.514. The van der Waals surface area contributed by atoms with E-state index in [1.807, 2.05) is 30.3 Å². The Hall–Kier alpha value is -2.93. The Morgan fingerprint density at radius 2 is 1.96 bits per heavy atom. The quantitative estimate of drug-likeness (QED) is 0.632. The molecule has 0 heterocycles. The summed E-state index contributed by atoms with van der Waals surface area (Å²) in [5, 5.41) is 16.0. The summed E-state index contributed by atoms with van der Waals surface area (Å²) in [7, 11) is 1.57. The number of urea groups is 1. The number of anilines is 1. The lowest BCUT2D eigenvalue weighted by atomic mass is 10.1. The second-order valence-electron chi connectivity index (χ2n) is 4.78. The van der Waals surface area contributed by atoms with E-state index in [2.05, 4.69) is 10.6 Å². The van der Waals surface area contributed by atoms with Crippen LogP contribution in [0.1, 0.15) is 11.7 Å². The number of non-ortho nitro benzene ring substituents is 1. The molecule has 0 aliphatic rings. The smallest absolute Gasteiger partial charge is 0.319 e. The molecule has 0 radical (unpaired) electrons. The van der Waals surface area contributed by atoms with Crippen LogP contribution in [-0.2, 0) is 4.74 Å². The average Bonchev–Trinajstić information content (AvgIpc) is 2.56.